The number of pyridine rings is 1. The third-order valence-corrected chi connectivity index (χ3v) is 3.00. The number of hydrogen-bond acceptors (Lipinski definition) is 5. The Morgan fingerprint density at radius 1 is 1.29 bits per heavy atom. The Bertz CT molecular complexity index is 756. The van der Waals surface area contributed by atoms with E-state index in [9.17, 15) is 9.90 Å². The molecule has 1 N–H and O–H groups in total. The molecule has 0 saturated heterocycles. The number of fused-ring (bicyclic) bond motifs is 1. The van der Waals surface area contributed by atoms with Crippen LogP contribution in [0.2, 0.25) is 0 Å². The van der Waals surface area contributed by atoms with Gasteiger partial charge in [0.15, 0.2) is 5.76 Å². The second-order valence-corrected chi connectivity index (χ2v) is 4.32. The number of carbonyl (C=O) groups is 1. The predicted molar refractivity (Wildman–Crippen MR) is 72.1 cm³/mol. The van der Waals surface area contributed by atoms with Gasteiger partial charge in [-0.05, 0) is 29.8 Å². The Kier molecular flexibility index (Phi) is 5.01. The minimum atomic E-state index is -1.31. The minimum Gasteiger partial charge on any atom is -0.542 e. The number of carbonyl (C=O) groups excluding carboxylic acids is 1. The zero-order valence-corrected chi connectivity index (χ0v) is 13.5. The van der Waals surface area contributed by atoms with Crippen molar-refractivity contribution >= 4 is 22.6 Å². The molecular formula is C15H11N2NaO3. The van der Waals surface area contributed by atoms with Crippen molar-refractivity contribution in [3.63, 3.8) is 0 Å². The van der Waals surface area contributed by atoms with Crippen molar-refractivity contribution < 1.29 is 43.9 Å². The molecule has 0 radical (unpaired) electrons. The summed E-state index contributed by atoms with van der Waals surface area (Å²) in [5.74, 6) is -1.47. The molecule has 21 heavy (non-hydrogen) atoms. The number of nitrogens with one attached hydrogen (secondary N) is 1. The van der Waals surface area contributed by atoms with E-state index in [2.05, 4.69) is 10.3 Å². The van der Waals surface area contributed by atoms with E-state index >= 15 is 0 Å². The smallest absolute Gasteiger partial charge is 0.542 e. The first-order valence-corrected chi connectivity index (χ1v) is 6.11. The summed E-state index contributed by atoms with van der Waals surface area (Å²) < 4.78 is 5.22. The molecule has 100 valence electrons. The minimum absolute atomic E-state index is 0. The number of aromatic carboxylic acids is 1. The maximum atomic E-state index is 10.8. The number of anilines is 1. The van der Waals surface area contributed by atoms with Gasteiger partial charge in [0.1, 0.15) is 11.6 Å². The number of carboxylic acids is 1. The summed E-state index contributed by atoms with van der Waals surface area (Å²) >= 11 is 0. The van der Waals surface area contributed by atoms with E-state index < -0.39 is 5.97 Å². The summed E-state index contributed by atoms with van der Waals surface area (Å²) in [6.07, 6.45) is 3.43. The molecule has 0 fully saturated rings. The Hall–Kier alpha value is -1.82. The topological polar surface area (TPSA) is 78.2 Å². The molecular weight excluding hydrogens is 279 g/mol. The Morgan fingerprint density at radius 3 is 2.86 bits per heavy atom. The van der Waals surface area contributed by atoms with E-state index in [1.807, 2.05) is 24.3 Å². The van der Waals surface area contributed by atoms with Crippen LogP contribution in [0.1, 0.15) is 16.1 Å². The molecule has 2 aromatic heterocycles. The van der Waals surface area contributed by atoms with Gasteiger partial charge in [0.25, 0.3) is 0 Å². The largest absolute Gasteiger partial charge is 1.00 e. The van der Waals surface area contributed by atoms with Gasteiger partial charge in [0.05, 0.1) is 5.69 Å². The van der Waals surface area contributed by atoms with Crippen molar-refractivity contribution in [1.82, 2.24) is 4.98 Å². The quantitative estimate of drug-likeness (QED) is 0.611. The number of rotatable bonds is 4. The molecule has 3 aromatic rings. The first-order chi connectivity index (χ1) is 9.74. The second kappa shape index (κ2) is 6.76. The number of hydrogen-bond donors (Lipinski definition) is 1. The first kappa shape index (κ1) is 15.6. The fourth-order valence-corrected chi connectivity index (χ4v) is 2.04. The number of furan rings is 1. The van der Waals surface area contributed by atoms with Crippen molar-refractivity contribution in [3.05, 3.63) is 60.1 Å². The third-order valence-electron chi connectivity index (χ3n) is 3.00. The second-order valence-electron chi connectivity index (χ2n) is 4.32. The van der Waals surface area contributed by atoms with Gasteiger partial charge in [-0.2, -0.15) is 0 Å². The average Bonchev–Trinajstić information content (AvgIpc) is 2.91. The monoisotopic (exact) mass is 290 g/mol. The maximum absolute atomic E-state index is 10.8. The van der Waals surface area contributed by atoms with Gasteiger partial charge < -0.3 is 19.6 Å². The first-order valence-electron chi connectivity index (χ1n) is 6.11. The van der Waals surface area contributed by atoms with E-state index in [1.54, 1.807) is 18.5 Å². The summed E-state index contributed by atoms with van der Waals surface area (Å²) in [7, 11) is 0. The number of carboxylic acid groups (broad SMARTS) is 1. The van der Waals surface area contributed by atoms with E-state index in [4.69, 9.17) is 4.42 Å². The van der Waals surface area contributed by atoms with Crippen LogP contribution in [-0.2, 0) is 6.54 Å². The predicted octanol–water partition coefficient (Wildman–Crippen LogP) is -1.19. The fourth-order valence-electron chi connectivity index (χ4n) is 2.04. The SMILES string of the molecule is O=C([O-])c1cc2c(CNc3cccnc3)cccc2o1.[Na+]. The van der Waals surface area contributed by atoms with Gasteiger partial charge in [-0.15, -0.1) is 0 Å². The fraction of sp³-hybridized carbons (Fsp3) is 0.0667. The molecule has 0 aliphatic heterocycles. The molecule has 1 aromatic carbocycles. The van der Waals surface area contributed by atoms with Crippen LogP contribution in [0.15, 0.2) is 53.2 Å². The van der Waals surface area contributed by atoms with Crippen molar-refractivity contribution in [2.24, 2.45) is 0 Å². The zero-order chi connectivity index (χ0) is 13.9. The zero-order valence-electron chi connectivity index (χ0n) is 11.5. The molecule has 5 nitrogen and oxygen atoms in total. The van der Waals surface area contributed by atoms with Crippen LogP contribution in [0.5, 0.6) is 0 Å². The molecule has 3 rings (SSSR count). The molecule has 0 atom stereocenters. The van der Waals surface area contributed by atoms with Gasteiger partial charge in [0, 0.05) is 24.3 Å². The van der Waals surface area contributed by atoms with Crippen LogP contribution in [0.25, 0.3) is 11.0 Å². The van der Waals surface area contributed by atoms with Crippen molar-refractivity contribution in [1.29, 1.82) is 0 Å². The Labute approximate surface area is 143 Å². The Balaban J connectivity index is 0.00000161. The maximum Gasteiger partial charge on any atom is 1.00 e. The van der Waals surface area contributed by atoms with E-state index in [0.717, 1.165) is 16.6 Å². The van der Waals surface area contributed by atoms with Crippen molar-refractivity contribution in [3.8, 4) is 0 Å². The van der Waals surface area contributed by atoms with E-state index in [1.165, 1.54) is 6.07 Å². The van der Waals surface area contributed by atoms with Crippen LogP contribution in [-0.4, -0.2) is 11.0 Å². The molecule has 0 aliphatic carbocycles. The van der Waals surface area contributed by atoms with Gasteiger partial charge in [0.2, 0.25) is 0 Å². The molecule has 0 aliphatic rings. The summed E-state index contributed by atoms with van der Waals surface area (Å²) in [5, 5.41) is 14.8. The number of aromatic nitrogens is 1. The van der Waals surface area contributed by atoms with Crippen molar-refractivity contribution in [2.75, 3.05) is 5.32 Å². The summed E-state index contributed by atoms with van der Waals surface area (Å²) in [6.45, 7) is 0.551. The van der Waals surface area contributed by atoms with Crippen LogP contribution in [0.4, 0.5) is 5.69 Å². The van der Waals surface area contributed by atoms with Crippen molar-refractivity contribution in [2.45, 2.75) is 6.54 Å². The average molecular weight is 290 g/mol. The molecule has 0 saturated carbocycles. The van der Waals surface area contributed by atoms with Crippen LogP contribution < -0.4 is 40.0 Å². The Morgan fingerprint density at radius 2 is 2.14 bits per heavy atom. The van der Waals surface area contributed by atoms with Gasteiger partial charge in [-0.25, -0.2) is 0 Å². The van der Waals surface area contributed by atoms with Gasteiger partial charge >= 0.3 is 29.6 Å². The molecule has 0 spiro atoms. The van der Waals surface area contributed by atoms with E-state index in [-0.39, 0.29) is 35.3 Å². The van der Waals surface area contributed by atoms with Gasteiger partial charge in [-0.1, -0.05) is 12.1 Å². The molecule has 6 heteroatoms. The molecule has 0 amide bonds. The molecule has 0 unspecified atom stereocenters. The van der Waals surface area contributed by atoms with Gasteiger partial charge in [-0.3, -0.25) is 4.98 Å². The van der Waals surface area contributed by atoms with Crippen LogP contribution in [0, 0.1) is 0 Å². The summed E-state index contributed by atoms with van der Waals surface area (Å²) in [4.78, 5) is 14.9. The third kappa shape index (κ3) is 3.44. The number of nitrogens with zero attached hydrogens (tertiary/aromatic N) is 1. The molecule has 2 heterocycles. The standard InChI is InChI=1S/C15H12N2O3.Na/c18-15(19)14-7-12-10(3-1-5-13(12)20-14)8-17-11-4-2-6-16-9-11;/h1-7,9,17H,8H2,(H,18,19);/q;+1/p-1. The molecule has 0 bridgehead atoms. The van der Waals surface area contributed by atoms with Crippen LogP contribution in [0.3, 0.4) is 0 Å². The van der Waals surface area contributed by atoms with E-state index in [0.29, 0.717) is 12.1 Å². The summed E-state index contributed by atoms with van der Waals surface area (Å²) in [5.41, 5.74) is 2.38. The summed E-state index contributed by atoms with van der Waals surface area (Å²) in [6, 6.07) is 10.7. The normalized spacial score (nSPS) is 10.1. The number of benzene rings is 1. The van der Waals surface area contributed by atoms with Crippen LogP contribution >= 0.6 is 0 Å².